The van der Waals surface area contributed by atoms with Crippen molar-refractivity contribution in [1.82, 2.24) is 14.9 Å². The number of carbonyl (C=O) groups excluding carboxylic acids is 1. The number of rotatable bonds is 4. The monoisotopic (exact) mass is 411 g/mol. The number of nitrogens with one attached hydrogen (secondary N) is 1. The van der Waals surface area contributed by atoms with E-state index in [-0.39, 0.29) is 20.5 Å². The zero-order valence-electron chi connectivity index (χ0n) is 13.2. The van der Waals surface area contributed by atoms with Gasteiger partial charge >= 0.3 is 0 Å². The Bertz CT molecular complexity index is 1080. The molecule has 3 rings (SSSR count). The molecular weight excluding hydrogens is 401 g/mol. The van der Waals surface area contributed by atoms with Crippen LogP contribution in [0, 0.1) is 6.92 Å². The Balaban J connectivity index is 1.81. The molecule has 1 N–H and O–H groups in total. The first-order chi connectivity index (χ1) is 12.3. The minimum atomic E-state index is -4.14. The quantitative estimate of drug-likeness (QED) is 0.704. The van der Waals surface area contributed by atoms with Gasteiger partial charge in [-0.2, -0.15) is 4.98 Å². The summed E-state index contributed by atoms with van der Waals surface area (Å²) in [6.45, 7) is 1.66. The van der Waals surface area contributed by atoms with Crippen LogP contribution in [0.3, 0.4) is 0 Å². The molecule has 0 saturated carbocycles. The minimum absolute atomic E-state index is 0.0828. The first-order valence-electron chi connectivity index (χ1n) is 7.19. The molecule has 1 amide bonds. The van der Waals surface area contributed by atoms with Crippen LogP contribution in [0.25, 0.3) is 11.4 Å². The fourth-order valence-corrected chi connectivity index (χ4v) is 3.86. The number of benzene rings is 2. The lowest BCUT2D eigenvalue weighted by atomic mass is 10.1. The van der Waals surface area contributed by atoms with E-state index in [0.29, 0.717) is 17.3 Å². The highest BCUT2D eigenvalue weighted by Gasteiger charge is 2.22. The molecule has 0 aliphatic heterocycles. The summed E-state index contributed by atoms with van der Waals surface area (Å²) in [4.78, 5) is 16.1. The Morgan fingerprint density at radius 1 is 1.12 bits per heavy atom. The molecule has 3 aromatic rings. The molecule has 1 heterocycles. The SMILES string of the molecule is Cc1nc(-c2ccc(C(=O)NS(=O)(=O)c3ccc(Cl)cc3Cl)cc2)no1. The predicted molar refractivity (Wildman–Crippen MR) is 95.6 cm³/mol. The predicted octanol–water partition coefficient (Wildman–Crippen LogP) is 3.47. The molecule has 0 saturated heterocycles. The first-order valence-corrected chi connectivity index (χ1v) is 9.43. The van der Waals surface area contributed by atoms with Crippen molar-refractivity contribution in [3.63, 3.8) is 0 Å². The molecule has 10 heteroatoms. The van der Waals surface area contributed by atoms with E-state index in [0.717, 1.165) is 0 Å². The van der Waals surface area contributed by atoms with Gasteiger partial charge in [0, 0.05) is 23.1 Å². The van der Waals surface area contributed by atoms with Gasteiger partial charge in [0.15, 0.2) is 0 Å². The number of halogens is 2. The molecule has 0 unspecified atom stereocenters. The van der Waals surface area contributed by atoms with E-state index in [1.165, 1.54) is 30.3 Å². The lowest BCUT2D eigenvalue weighted by Gasteiger charge is -2.09. The maximum Gasteiger partial charge on any atom is 0.265 e. The van der Waals surface area contributed by atoms with E-state index in [1.807, 2.05) is 4.72 Å². The van der Waals surface area contributed by atoms with Crippen LogP contribution in [0.5, 0.6) is 0 Å². The zero-order valence-corrected chi connectivity index (χ0v) is 15.6. The van der Waals surface area contributed by atoms with E-state index >= 15 is 0 Å². The van der Waals surface area contributed by atoms with Gasteiger partial charge in [0.05, 0.1) is 5.02 Å². The topological polar surface area (TPSA) is 102 Å². The number of carbonyl (C=O) groups is 1. The number of aryl methyl sites for hydroxylation is 1. The summed E-state index contributed by atoms with van der Waals surface area (Å²) in [6, 6.07) is 9.95. The molecule has 0 bridgehead atoms. The lowest BCUT2D eigenvalue weighted by Crippen LogP contribution is -2.30. The molecule has 0 aliphatic rings. The van der Waals surface area contributed by atoms with Gasteiger partial charge in [-0.1, -0.05) is 40.5 Å². The van der Waals surface area contributed by atoms with Gasteiger partial charge in [-0.25, -0.2) is 13.1 Å². The summed E-state index contributed by atoms with van der Waals surface area (Å²) >= 11 is 11.6. The Kier molecular flexibility index (Phi) is 4.99. The highest BCUT2D eigenvalue weighted by atomic mass is 35.5. The fourth-order valence-electron chi connectivity index (χ4n) is 2.12. The van der Waals surface area contributed by atoms with Crippen LogP contribution in [0.2, 0.25) is 10.0 Å². The van der Waals surface area contributed by atoms with Gasteiger partial charge in [-0.15, -0.1) is 0 Å². The van der Waals surface area contributed by atoms with Crippen LogP contribution in [0.15, 0.2) is 51.9 Å². The maximum absolute atomic E-state index is 12.3. The number of amides is 1. The Labute approximate surface area is 159 Å². The van der Waals surface area contributed by atoms with Crippen molar-refractivity contribution in [2.24, 2.45) is 0 Å². The zero-order chi connectivity index (χ0) is 18.9. The molecule has 0 radical (unpaired) electrons. The largest absolute Gasteiger partial charge is 0.339 e. The second-order valence-electron chi connectivity index (χ2n) is 5.22. The molecule has 0 fully saturated rings. The summed E-state index contributed by atoms with van der Waals surface area (Å²) in [6.07, 6.45) is 0. The molecule has 26 heavy (non-hydrogen) atoms. The number of hydrogen-bond acceptors (Lipinski definition) is 6. The van der Waals surface area contributed by atoms with Crippen LogP contribution in [-0.2, 0) is 10.0 Å². The minimum Gasteiger partial charge on any atom is -0.339 e. The fraction of sp³-hybridized carbons (Fsp3) is 0.0625. The van der Waals surface area contributed by atoms with Gasteiger partial charge in [0.25, 0.3) is 15.9 Å². The number of nitrogens with zero attached hydrogens (tertiary/aromatic N) is 2. The standard InChI is InChI=1S/C16H11Cl2N3O4S/c1-9-19-15(20-25-9)10-2-4-11(5-3-10)16(22)21-26(23,24)14-7-6-12(17)8-13(14)18/h2-8H,1H3,(H,21,22). The van der Waals surface area contributed by atoms with Crippen molar-refractivity contribution in [3.8, 4) is 11.4 Å². The van der Waals surface area contributed by atoms with Crippen molar-refractivity contribution < 1.29 is 17.7 Å². The second kappa shape index (κ2) is 7.06. The summed E-state index contributed by atoms with van der Waals surface area (Å²) in [5.74, 6) is -0.0189. The molecule has 0 aliphatic carbocycles. The molecule has 1 aromatic heterocycles. The summed E-state index contributed by atoms with van der Waals surface area (Å²) < 4.78 is 31.6. The van der Waals surface area contributed by atoms with Crippen molar-refractivity contribution in [2.75, 3.05) is 0 Å². The van der Waals surface area contributed by atoms with Crippen LogP contribution >= 0.6 is 23.2 Å². The number of sulfonamides is 1. The van der Waals surface area contributed by atoms with E-state index < -0.39 is 15.9 Å². The van der Waals surface area contributed by atoms with Gasteiger partial charge < -0.3 is 4.52 Å². The third-order valence-corrected chi connectivity index (χ3v) is 5.39. The third kappa shape index (κ3) is 3.87. The van der Waals surface area contributed by atoms with Crippen molar-refractivity contribution in [2.45, 2.75) is 11.8 Å². The van der Waals surface area contributed by atoms with Crippen LogP contribution < -0.4 is 4.72 Å². The van der Waals surface area contributed by atoms with Gasteiger partial charge in [-0.3, -0.25) is 4.79 Å². The Morgan fingerprint density at radius 2 is 1.81 bits per heavy atom. The second-order valence-corrected chi connectivity index (χ2v) is 7.72. The summed E-state index contributed by atoms with van der Waals surface area (Å²) in [5.41, 5.74) is 0.768. The van der Waals surface area contributed by atoms with Crippen molar-refractivity contribution >= 4 is 39.1 Å². The molecule has 0 spiro atoms. The average molecular weight is 412 g/mol. The molecule has 0 atom stereocenters. The number of hydrogen-bond donors (Lipinski definition) is 1. The van der Waals surface area contributed by atoms with Crippen LogP contribution in [0.4, 0.5) is 0 Å². The molecular formula is C16H11Cl2N3O4S. The molecule has 2 aromatic carbocycles. The molecule has 134 valence electrons. The third-order valence-electron chi connectivity index (χ3n) is 3.34. The summed E-state index contributed by atoms with van der Waals surface area (Å²) in [5, 5.41) is 3.97. The number of aromatic nitrogens is 2. The smallest absolute Gasteiger partial charge is 0.265 e. The maximum atomic E-state index is 12.3. The van der Waals surface area contributed by atoms with E-state index in [1.54, 1.807) is 19.1 Å². The highest BCUT2D eigenvalue weighted by molar-refractivity contribution is 7.90. The average Bonchev–Trinajstić information content (AvgIpc) is 3.00. The van der Waals surface area contributed by atoms with Gasteiger partial charge in [-0.05, 0) is 30.3 Å². The Morgan fingerprint density at radius 3 is 2.38 bits per heavy atom. The summed E-state index contributed by atoms with van der Waals surface area (Å²) in [7, 11) is -4.14. The van der Waals surface area contributed by atoms with E-state index in [2.05, 4.69) is 10.1 Å². The van der Waals surface area contributed by atoms with E-state index in [9.17, 15) is 13.2 Å². The van der Waals surface area contributed by atoms with Gasteiger partial charge in [0.1, 0.15) is 4.90 Å². The normalized spacial score (nSPS) is 11.3. The van der Waals surface area contributed by atoms with Crippen molar-refractivity contribution in [1.29, 1.82) is 0 Å². The Hall–Kier alpha value is -2.42. The van der Waals surface area contributed by atoms with Gasteiger partial charge in [0.2, 0.25) is 11.7 Å². The molecule has 7 nitrogen and oxygen atoms in total. The van der Waals surface area contributed by atoms with Crippen molar-refractivity contribution in [3.05, 3.63) is 64.0 Å². The van der Waals surface area contributed by atoms with E-state index in [4.69, 9.17) is 27.7 Å². The van der Waals surface area contributed by atoms with Crippen LogP contribution in [-0.4, -0.2) is 24.5 Å². The van der Waals surface area contributed by atoms with Crippen LogP contribution in [0.1, 0.15) is 16.2 Å². The lowest BCUT2D eigenvalue weighted by molar-refractivity contribution is 0.0981. The first kappa shape index (κ1) is 18.4. The highest BCUT2D eigenvalue weighted by Crippen LogP contribution is 2.25.